The molecule has 142 valence electrons. The summed E-state index contributed by atoms with van der Waals surface area (Å²) in [5.41, 5.74) is 7.95. The zero-order chi connectivity index (χ0) is 18.7. The number of hydrogen-bond acceptors (Lipinski definition) is 3. The van der Waals surface area contributed by atoms with Gasteiger partial charge in [0.15, 0.2) is 0 Å². The van der Waals surface area contributed by atoms with Gasteiger partial charge in [0.2, 0.25) is 5.91 Å². The Kier molecular flexibility index (Phi) is 5.66. The van der Waals surface area contributed by atoms with E-state index in [0.29, 0.717) is 26.2 Å². The largest absolute Gasteiger partial charge is 0.339 e. The zero-order valence-electron chi connectivity index (χ0n) is 16.0. The van der Waals surface area contributed by atoms with E-state index in [0.717, 1.165) is 37.7 Å². The first-order valence-electron chi connectivity index (χ1n) is 9.88. The average molecular weight is 357 g/mol. The number of hydrogen-bond donors (Lipinski definition) is 1. The van der Waals surface area contributed by atoms with E-state index in [2.05, 4.69) is 6.92 Å². The Hall–Kier alpha value is -1.88. The molecule has 1 saturated carbocycles. The van der Waals surface area contributed by atoms with Crippen LogP contribution in [0.1, 0.15) is 55.5 Å². The highest BCUT2D eigenvalue weighted by Crippen LogP contribution is 2.33. The summed E-state index contributed by atoms with van der Waals surface area (Å²) in [4.78, 5) is 29.4. The van der Waals surface area contributed by atoms with Crippen molar-refractivity contribution >= 4 is 11.8 Å². The van der Waals surface area contributed by atoms with Crippen molar-refractivity contribution in [1.29, 1.82) is 0 Å². The lowest BCUT2D eigenvalue weighted by atomic mass is 9.74. The van der Waals surface area contributed by atoms with Gasteiger partial charge in [0.25, 0.3) is 5.91 Å². The summed E-state index contributed by atoms with van der Waals surface area (Å²) in [6, 6.07) is 7.83. The topological polar surface area (TPSA) is 66.6 Å². The number of nitrogens with two attached hydrogens (primary N) is 1. The molecule has 1 aromatic rings. The van der Waals surface area contributed by atoms with E-state index in [1.807, 2.05) is 41.0 Å². The molecule has 2 N–H and O–H groups in total. The Morgan fingerprint density at radius 1 is 1.08 bits per heavy atom. The Morgan fingerprint density at radius 3 is 2.27 bits per heavy atom. The third kappa shape index (κ3) is 3.93. The van der Waals surface area contributed by atoms with Gasteiger partial charge in [0.1, 0.15) is 0 Å². The third-order valence-electron chi connectivity index (χ3n) is 6.04. The van der Waals surface area contributed by atoms with E-state index in [1.165, 1.54) is 5.56 Å². The van der Waals surface area contributed by atoms with Crippen LogP contribution in [0.2, 0.25) is 0 Å². The van der Waals surface area contributed by atoms with Crippen molar-refractivity contribution < 1.29 is 9.59 Å². The highest BCUT2D eigenvalue weighted by molar-refractivity contribution is 5.94. The summed E-state index contributed by atoms with van der Waals surface area (Å²) < 4.78 is 0. The van der Waals surface area contributed by atoms with Crippen molar-refractivity contribution in [2.45, 2.75) is 51.5 Å². The van der Waals surface area contributed by atoms with E-state index >= 15 is 0 Å². The molecule has 2 unspecified atom stereocenters. The van der Waals surface area contributed by atoms with E-state index in [-0.39, 0.29) is 17.7 Å². The van der Waals surface area contributed by atoms with Gasteiger partial charge in [-0.3, -0.25) is 9.59 Å². The molecule has 1 aliphatic carbocycles. The second-order valence-corrected chi connectivity index (χ2v) is 7.97. The molecule has 2 atom stereocenters. The first kappa shape index (κ1) is 18.9. The molecule has 0 bridgehead atoms. The third-order valence-corrected chi connectivity index (χ3v) is 6.04. The molecule has 1 heterocycles. The number of carbonyl (C=O) groups excluding carboxylic acids is 2. The fourth-order valence-electron chi connectivity index (χ4n) is 4.18. The molecule has 5 nitrogen and oxygen atoms in total. The molecule has 26 heavy (non-hydrogen) atoms. The summed E-state index contributed by atoms with van der Waals surface area (Å²) in [7, 11) is 0. The van der Waals surface area contributed by atoms with Crippen molar-refractivity contribution in [3.05, 3.63) is 35.4 Å². The lowest BCUT2D eigenvalue weighted by Gasteiger charge is -2.42. The number of aryl methyl sites for hydroxylation is 1. The molecule has 1 saturated heterocycles. The summed E-state index contributed by atoms with van der Waals surface area (Å²) in [6.45, 7) is 6.50. The average Bonchev–Trinajstić information content (AvgIpc) is 2.67. The molecule has 1 aliphatic heterocycles. The van der Waals surface area contributed by atoms with Crippen LogP contribution >= 0.6 is 0 Å². The number of benzene rings is 1. The van der Waals surface area contributed by atoms with Gasteiger partial charge in [-0.1, -0.05) is 31.9 Å². The predicted molar refractivity (Wildman–Crippen MR) is 103 cm³/mol. The van der Waals surface area contributed by atoms with Gasteiger partial charge >= 0.3 is 0 Å². The Balaban J connectivity index is 1.58. The maximum Gasteiger partial charge on any atom is 0.253 e. The van der Waals surface area contributed by atoms with E-state index in [4.69, 9.17) is 5.73 Å². The van der Waals surface area contributed by atoms with Crippen LogP contribution in [0, 0.1) is 5.92 Å². The SMILES string of the molecule is CCc1ccc(C(=O)N2CCN(C(=O)C3CCCCC3(C)N)CC2)cc1. The fraction of sp³-hybridized carbons (Fsp3) is 0.619. The second-order valence-electron chi connectivity index (χ2n) is 7.97. The van der Waals surface area contributed by atoms with Gasteiger partial charge in [0, 0.05) is 37.3 Å². The highest BCUT2D eigenvalue weighted by atomic mass is 16.2. The Morgan fingerprint density at radius 2 is 1.69 bits per heavy atom. The monoisotopic (exact) mass is 357 g/mol. The Labute approximate surface area is 156 Å². The van der Waals surface area contributed by atoms with Crippen molar-refractivity contribution in [3.8, 4) is 0 Å². The molecule has 5 heteroatoms. The van der Waals surface area contributed by atoms with Crippen molar-refractivity contribution in [3.63, 3.8) is 0 Å². The van der Waals surface area contributed by atoms with Crippen LogP contribution in [0.3, 0.4) is 0 Å². The maximum atomic E-state index is 12.9. The summed E-state index contributed by atoms with van der Waals surface area (Å²) in [6.07, 6.45) is 4.95. The van der Waals surface area contributed by atoms with E-state index < -0.39 is 5.54 Å². The van der Waals surface area contributed by atoms with Crippen LogP contribution in [0.4, 0.5) is 0 Å². The number of piperazine rings is 1. The van der Waals surface area contributed by atoms with Crippen molar-refractivity contribution in [2.75, 3.05) is 26.2 Å². The highest BCUT2D eigenvalue weighted by Gasteiger charge is 2.40. The number of rotatable bonds is 3. The molecule has 1 aromatic carbocycles. The van der Waals surface area contributed by atoms with Crippen LogP contribution in [0.25, 0.3) is 0 Å². The smallest absolute Gasteiger partial charge is 0.253 e. The predicted octanol–water partition coefficient (Wildman–Crippen LogP) is 2.44. The van der Waals surface area contributed by atoms with Crippen LogP contribution in [0.15, 0.2) is 24.3 Å². The summed E-state index contributed by atoms with van der Waals surface area (Å²) in [5.74, 6) is 0.148. The second kappa shape index (κ2) is 7.78. The number of nitrogens with zero attached hydrogens (tertiary/aromatic N) is 2. The molecule has 2 fully saturated rings. The maximum absolute atomic E-state index is 12.9. The lowest BCUT2D eigenvalue weighted by molar-refractivity contribution is -0.140. The van der Waals surface area contributed by atoms with Gasteiger partial charge in [-0.25, -0.2) is 0 Å². The van der Waals surface area contributed by atoms with Crippen molar-refractivity contribution in [1.82, 2.24) is 9.80 Å². The van der Waals surface area contributed by atoms with Crippen LogP contribution in [0.5, 0.6) is 0 Å². The summed E-state index contributed by atoms with van der Waals surface area (Å²) >= 11 is 0. The molecule has 0 spiro atoms. The van der Waals surface area contributed by atoms with Gasteiger partial charge in [0.05, 0.1) is 5.92 Å². The number of carbonyl (C=O) groups is 2. The lowest BCUT2D eigenvalue weighted by Crippen LogP contribution is -2.57. The molecule has 0 radical (unpaired) electrons. The van der Waals surface area contributed by atoms with Crippen LogP contribution in [-0.4, -0.2) is 53.3 Å². The fourth-order valence-corrected chi connectivity index (χ4v) is 4.18. The molecule has 2 aliphatic rings. The Bertz CT molecular complexity index is 646. The normalized spacial score (nSPS) is 26.7. The molecular formula is C21H31N3O2. The first-order valence-corrected chi connectivity index (χ1v) is 9.88. The summed E-state index contributed by atoms with van der Waals surface area (Å²) in [5, 5.41) is 0. The quantitative estimate of drug-likeness (QED) is 0.903. The van der Waals surface area contributed by atoms with Crippen molar-refractivity contribution in [2.24, 2.45) is 11.7 Å². The zero-order valence-corrected chi connectivity index (χ0v) is 16.0. The van der Waals surface area contributed by atoms with Gasteiger partial charge < -0.3 is 15.5 Å². The molecular weight excluding hydrogens is 326 g/mol. The minimum Gasteiger partial charge on any atom is -0.339 e. The van der Waals surface area contributed by atoms with Gasteiger partial charge in [-0.2, -0.15) is 0 Å². The molecule has 2 amide bonds. The van der Waals surface area contributed by atoms with Crippen LogP contribution in [-0.2, 0) is 11.2 Å². The van der Waals surface area contributed by atoms with E-state index in [1.54, 1.807) is 0 Å². The van der Waals surface area contributed by atoms with Gasteiger partial charge in [-0.05, 0) is 43.9 Å². The van der Waals surface area contributed by atoms with Gasteiger partial charge in [-0.15, -0.1) is 0 Å². The minimum atomic E-state index is -0.399. The minimum absolute atomic E-state index is 0.0566. The van der Waals surface area contributed by atoms with Crippen LogP contribution < -0.4 is 5.73 Å². The molecule has 0 aromatic heterocycles. The molecule has 3 rings (SSSR count). The first-order chi connectivity index (χ1) is 12.4. The number of amides is 2. The van der Waals surface area contributed by atoms with E-state index in [9.17, 15) is 9.59 Å². The standard InChI is InChI=1S/C21H31N3O2/c1-3-16-7-9-17(10-8-16)19(25)23-12-14-24(15-13-23)20(26)18-6-4-5-11-21(18,2)22/h7-10,18H,3-6,11-15,22H2,1-2H3.